The summed E-state index contributed by atoms with van der Waals surface area (Å²) in [6.45, 7) is 1.86. The van der Waals surface area contributed by atoms with E-state index in [1.165, 1.54) is 10.8 Å². The lowest BCUT2D eigenvalue weighted by Gasteiger charge is -2.04. The van der Waals surface area contributed by atoms with E-state index in [0.29, 0.717) is 16.4 Å². The van der Waals surface area contributed by atoms with E-state index < -0.39 is 5.69 Å². The topological polar surface area (TPSA) is 80.6 Å². The summed E-state index contributed by atoms with van der Waals surface area (Å²) < 4.78 is 1.36. The molecule has 0 saturated heterocycles. The summed E-state index contributed by atoms with van der Waals surface area (Å²) in [7, 11) is 0. The molecule has 0 radical (unpaired) electrons. The zero-order chi connectivity index (χ0) is 12.4. The molecule has 0 unspecified atom stereocenters. The van der Waals surface area contributed by atoms with E-state index in [-0.39, 0.29) is 12.1 Å². The molecule has 0 aliphatic rings. The van der Waals surface area contributed by atoms with Crippen molar-refractivity contribution in [3.63, 3.8) is 0 Å². The summed E-state index contributed by atoms with van der Waals surface area (Å²) in [6.07, 6.45) is 1.48. The maximum absolute atomic E-state index is 11.5. The number of nitrogens with zero attached hydrogens (tertiary/aromatic N) is 3. The van der Waals surface area contributed by atoms with Crippen molar-refractivity contribution >= 4 is 11.6 Å². The van der Waals surface area contributed by atoms with Gasteiger partial charge in [-0.1, -0.05) is 11.6 Å². The summed E-state index contributed by atoms with van der Waals surface area (Å²) in [5.74, 6) is 0. The van der Waals surface area contributed by atoms with Gasteiger partial charge in [-0.3, -0.25) is 14.3 Å². The zero-order valence-electron chi connectivity index (χ0n) is 8.98. The molecule has 0 aliphatic heterocycles. The first-order valence-corrected chi connectivity index (χ1v) is 5.22. The van der Waals surface area contributed by atoms with Gasteiger partial charge in [-0.15, -0.1) is 5.10 Å². The van der Waals surface area contributed by atoms with Gasteiger partial charge >= 0.3 is 5.69 Å². The van der Waals surface area contributed by atoms with Crippen LogP contribution in [0.3, 0.4) is 0 Å². The Hall–Kier alpha value is -1.95. The van der Waals surface area contributed by atoms with E-state index in [2.05, 4.69) is 15.2 Å². The molecule has 2 aromatic rings. The summed E-state index contributed by atoms with van der Waals surface area (Å²) in [4.78, 5) is 24.9. The van der Waals surface area contributed by atoms with Crippen LogP contribution in [0.1, 0.15) is 11.3 Å². The van der Waals surface area contributed by atoms with Gasteiger partial charge in [0.1, 0.15) is 0 Å². The van der Waals surface area contributed by atoms with Crippen molar-refractivity contribution in [3.8, 4) is 0 Å². The Morgan fingerprint density at radius 2 is 2.12 bits per heavy atom. The predicted molar refractivity (Wildman–Crippen MR) is 62.2 cm³/mol. The molecule has 2 heterocycles. The highest BCUT2D eigenvalue weighted by Gasteiger charge is 2.03. The van der Waals surface area contributed by atoms with Gasteiger partial charge in [0.15, 0.2) is 5.15 Å². The lowest BCUT2D eigenvalue weighted by Crippen LogP contribution is -2.31. The quantitative estimate of drug-likeness (QED) is 0.836. The number of rotatable bonds is 2. The first kappa shape index (κ1) is 11.5. The molecular formula is C10H9ClN4O2. The number of aromatic nitrogens is 4. The van der Waals surface area contributed by atoms with Crippen molar-refractivity contribution in [2.45, 2.75) is 13.5 Å². The number of aryl methyl sites for hydroxylation is 1. The second-order valence-electron chi connectivity index (χ2n) is 3.55. The van der Waals surface area contributed by atoms with Gasteiger partial charge in [0.2, 0.25) is 0 Å². The molecule has 0 bridgehead atoms. The number of nitrogens with one attached hydrogen (secondary N) is 1. The molecule has 0 aliphatic carbocycles. The standard InChI is InChI=1S/C10H9ClN4O2/c1-6-4-15(10(17)12-9(6)16)5-7-2-3-8(11)14-13-7/h2-4H,5H2,1H3,(H,12,16,17). The summed E-state index contributed by atoms with van der Waals surface area (Å²) >= 11 is 5.60. The Bertz CT molecular complexity index is 645. The summed E-state index contributed by atoms with van der Waals surface area (Å²) in [6, 6.07) is 3.26. The highest BCUT2D eigenvalue weighted by atomic mass is 35.5. The van der Waals surface area contributed by atoms with E-state index >= 15 is 0 Å². The zero-order valence-corrected chi connectivity index (χ0v) is 9.73. The maximum atomic E-state index is 11.5. The molecule has 0 atom stereocenters. The molecule has 17 heavy (non-hydrogen) atoms. The van der Waals surface area contributed by atoms with Crippen molar-refractivity contribution < 1.29 is 0 Å². The van der Waals surface area contributed by atoms with E-state index in [0.717, 1.165) is 0 Å². The molecular weight excluding hydrogens is 244 g/mol. The van der Waals surface area contributed by atoms with Crippen molar-refractivity contribution in [3.05, 3.63) is 55.6 Å². The van der Waals surface area contributed by atoms with Crippen LogP contribution in [0, 0.1) is 6.92 Å². The Morgan fingerprint density at radius 3 is 2.76 bits per heavy atom. The van der Waals surface area contributed by atoms with Gasteiger partial charge in [0, 0.05) is 11.8 Å². The number of H-pyrrole nitrogens is 1. The SMILES string of the molecule is Cc1cn(Cc2ccc(Cl)nn2)c(=O)[nH]c1=O. The Balaban J connectivity index is 2.36. The molecule has 1 N–H and O–H groups in total. The number of halogens is 1. The van der Waals surface area contributed by atoms with Crippen LogP contribution in [-0.4, -0.2) is 19.7 Å². The molecule has 0 saturated carbocycles. The van der Waals surface area contributed by atoms with Gasteiger partial charge in [0.25, 0.3) is 5.56 Å². The molecule has 0 amide bonds. The monoisotopic (exact) mass is 252 g/mol. The van der Waals surface area contributed by atoms with Crippen molar-refractivity contribution in [1.82, 2.24) is 19.7 Å². The van der Waals surface area contributed by atoms with Crippen LogP contribution in [0.4, 0.5) is 0 Å². The summed E-state index contributed by atoms with van der Waals surface area (Å²) in [5, 5.41) is 7.80. The predicted octanol–water partition coefficient (Wildman–Crippen LogP) is 0.337. The van der Waals surface area contributed by atoms with Gasteiger partial charge < -0.3 is 0 Å². The molecule has 0 aromatic carbocycles. The fraction of sp³-hybridized carbons (Fsp3) is 0.200. The fourth-order valence-electron chi connectivity index (χ4n) is 1.34. The molecule has 0 spiro atoms. The minimum atomic E-state index is -0.475. The lowest BCUT2D eigenvalue weighted by molar-refractivity contribution is 0.688. The van der Waals surface area contributed by atoms with Crippen molar-refractivity contribution in [2.24, 2.45) is 0 Å². The first-order chi connectivity index (χ1) is 8.06. The average molecular weight is 253 g/mol. The minimum Gasteiger partial charge on any atom is -0.294 e. The molecule has 88 valence electrons. The highest BCUT2D eigenvalue weighted by molar-refractivity contribution is 6.29. The average Bonchev–Trinajstić information content (AvgIpc) is 2.29. The third kappa shape index (κ3) is 2.59. The van der Waals surface area contributed by atoms with Crippen LogP contribution in [0.5, 0.6) is 0 Å². The minimum absolute atomic E-state index is 0.237. The Labute approximate surface area is 101 Å². The van der Waals surface area contributed by atoms with Crippen LogP contribution in [0.25, 0.3) is 0 Å². The van der Waals surface area contributed by atoms with E-state index in [9.17, 15) is 9.59 Å². The van der Waals surface area contributed by atoms with Crippen molar-refractivity contribution in [1.29, 1.82) is 0 Å². The number of hydrogen-bond acceptors (Lipinski definition) is 4. The smallest absolute Gasteiger partial charge is 0.294 e. The third-order valence-corrected chi connectivity index (χ3v) is 2.41. The first-order valence-electron chi connectivity index (χ1n) is 4.85. The van der Waals surface area contributed by atoms with Crippen LogP contribution in [-0.2, 0) is 6.54 Å². The van der Waals surface area contributed by atoms with Gasteiger partial charge in [0.05, 0.1) is 12.2 Å². The lowest BCUT2D eigenvalue weighted by atomic mass is 10.3. The summed E-state index contributed by atoms with van der Waals surface area (Å²) in [5.41, 5.74) is 0.195. The largest absolute Gasteiger partial charge is 0.328 e. The molecule has 6 nitrogen and oxygen atoms in total. The normalized spacial score (nSPS) is 10.5. The molecule has 0 fully saturated rings. The van der Waals surface area contributed by atoms with Crippen LogP contribution >= 0.6 is 11.6 Å². The molecule has 2 aromatic heterocycles. The Kier molecular flexibility index (Phi) is 3.06. The third-order valence-electron chi connectivity index (χ3n) is 2.21. The van der Waals surface area contributed by atoms with Crippen molar-refractivity contribution in [2.75, 3.05) is 0 Å². The highest BCUT2D eigenvalue weighted by Crippen LogP contribution is 2.02. The van der Waals surface area contributed by atoms with Crippen LogP contribution in [0.15, 0.2) is 27.9 Å². The van der Waals surface area contributed by atoms with E-state index in [1.54, 1.807) is 19.1 Å². The van der Waals surface area contributed by atoms with Crippen LogP contribution < -0.4 is 11.2 Å². The maximum Gasteiger partial charge on any atom is 0.328 e. The fourth-order valence-corrected chi connectivity index (χ4v) is 1.44. The van der Waals surface area contributed by atoms with Gasteiger partial charge in [-0.25, -0.2) is 4.79 Å². The number of hydrogen-bond donors (Lipinski definition) is 1. The van der Waals surface area contributed by atoms with Gasteiger partial charge in [-0.05, 0) is 19.1 Å². The van der Waals surface area contributed by atoms with E-state index in [4.69, 9.17) is 11.6 Å². The molecule has 7 heteroatoms. The number of aromatic amines is 1. The van der Waals surface area contributed by atoms with Gasteiger partial charge in [-0.2, -0.15) is 5.10 Å². The Morgan fingerprint density at radius 1 is 1.35 bits per heavy atom. The van der Waals surface area contributed by atoms with E-state index in [1.807, 2.05) is 0 Å². The second-order valence-corrected chi connectivity index (χ2v) is 3.93. The second kappa shape index (κ2) is 4.50. The molecule has 2 rings (SSSR count). The van der Waals surface area contributed by atoms with Crippen LogP contribution in [0.2, 0.25) is 5.15 Å².